The first-order chi connectivity index (χ1) is 9.05. The van der Waals surface area contributed by atoms with Crippen LogP contribution in [-0.4, -0.2) is 31.7 Å². The Bertz CT molecular complexity index is 506. The maximum absolute atomic E-state index is 12.6. The molecule has 1 aliphatic rings. The zero-order valence-corrected chi connectivity index (χ0v) is 13.5. The van der Waals surface area contributed by atoms with Crippen molar-refractivity contribution in [1.82, 2.24) is 4.31 Å². The highest BCUT2D eigenvalue weighted by Gasteiger charge is 2.29. The van der Waals surface area contributed by atoms with Gasteiger partial charge in [-0.05, 0) is 31.4 Å². The van der Waals surface area contributed by atoms with Crippen LogP contribution in [0.25, 0.3) is 0 Å². The fourth-order valence-electron chi connectivity index (χ4n) is 2.51. The van der Waals surface area contributed by atoms with Crippen LogP contribution < -0.4 is 0 Å². The molecule has 0 aromatic carbocycles. The quantitative estimate of drug-likeness (QED) is 0.779. The molecule has 2 rings (SSSR count). The van der Waals surface area contributed by atoms with Crippen molar-refractivity contribution in [3.8, 4) is 0 Å². The summed E-state index contributed by atoms with van der Waals surface area (Å²) in [5.74, 6) is 0.526. The van der Waals surface area contributed by atoms with E-state index >= 15 is 0 Å². The number of sulfonamides is 1. The normalized spacial score (nSPS) is 18.1. The number of alkyl halides is 1. The minimum absolute atomic E-state index is 0.164. The van der Waals surface area contributed by atoms with Crippen LogP contribution in [-0.2, 0) is 16.4 Å². The minimum atomic E-state index is -3.33. The number of hydrogen-bond acceptors (Lipinski definition) is 3. The van der Waals surface area contributed by atoms with Crippen molar-refractivity contribution in [2.24, 2.45) is 0 Å². The van der Waals surface area contributed by atoms with Crippen molar-refractivity contribution >= 4 is 33.0 Å². The topological polar surface area (TPSA) is 37.4 Å². The molecular formula is C13H20ClNO2S2. The molecule has 1 fully saturated rings. The predicted molar refractivity (Wildman–Crippen MR) is 80.6 cm³/mol. The van der Waals surface area contributed by atoms with Crippen molar-refractivity contribution < 1.29 is 8.42 Å². The average Bonchev–Trinajstić information content (AvgIpc) is 2.89. The zero-order chi connectivity index (χ0) is 13.9. The van der Waals surface area contributed by atoms with Crippen LogP contribution in [0.2, 0.25) is 0 Å². The Morgan fingerprint density at radius 1 is 1.32 bits per heavy atom. The molecule has 0 atom stereocenters. The van der Waals surface area contributed by atoms with E-state index in [-0.39, 0.29) is 6.04 Å². The Morgan fingerprint density at radius 2 is 2.00 bits per heavy atom. The highest BCUT2D eigenvalue weighted by molar-refractivity contribution is 7.91. The van der Waals surface area contributed by atoms with Crippen LogP contribution in [0.1, 0.15) is 37.0 Å². The van der Waals surface area contributed by atoms with Gasteiger partial charge >= 0.3 is 0 Å². The molecule has 6 heteroatoms. The summed E-state index contributed by atoms with van der Waals surface area (Å²) >= 11 is 7.03. The third kappa shape index (κ3) is 3.51. The summed E-state index contributed by atoms with van der Waals surface area (Å²) in [7, 11) is -1.61. The lowest BCUT2D eigenvalue weighted by atomic mass is 9.96. The van der Waals surface area contributed by atoms with Gasteiger partial charge in [0.05, 0.1) is 0 Å². The molecule has 0 unspecified atom stereocenters. The molecule has 0 aliphatic heterocycles. The van der Waals surface area contributed by atoms with E-state index in [9.17, 15) is 8.42 Å². The summed E-state index contributed by atoms with van der Waals surface area (Å²) in [6, 6.07) is 3.74. The Labute approximate surface area is 124 Å². The van der Waals surface area contributed by atoms with Crippen molar-refractivity contribution in [2.45, 2.75) is 48.8 Å². The van der Waals surface area contributed by atoms with Crippen molar-refractivity contribution in [1.29, 1.82) is 0 Å². The van der Waals surface area contributed by atoms with Gasteiger partial charge in [-0.3, -0.25) is 0 Å². The molecule has 108 valence electrons. The summed E-state index contributed by atoms with van der Waals surface area (Å²) in [6.45, 7) is 0. The number of hydrogen-bond donors (Lipinski definition) is 0. The molecule has 1 heterocycles. The molecule has 1 aliphatic carbocycles. The molecule has 0 N–H and O–H groups in total. The van der Waals surface area contributed by atoms with Crippen LogP contribution >= 0.6 is 22.9 Å². The van der Waals surface area contributed by atoms with Gasteiger partial charge in [-0.2, -0.15) is 4.31 Å². The molecular weight excluding hydrogens is 302 g/mol. The third-order valence-electron chi connectivity index (χ3n) is 3.70. The Balaban J connectivity index is 2.15. The van der Waals surface area contributed by atoms with Crippen LogP contribution in [0.15, 0.2) is 16.3 Å². The SMILES string of the molecule is CN(C1CCCCC1)S(=O)(=O)c1ccc(CCCl)s1. The molecule has 0 bridgehead atoms. The lowest BCUT2D eigenvalue weighted by Gasteiger charge is -2.29. The maximum Gasteiger partial charge on any atom is 0.252 e. The molecule has 0 spiro atoms. The molecule has 0 radical (unpaired) electrons. The molecule has 1 aromatic heterocycles. The van der Waals surface area contributed by atoms with Crippen molar-refractivity contribution in [3.63, 3.8) is 0 Å². The van der Waals surface area contributed by atoms with Crippen molar-refractivity contribution in [3.05, 3.63) is 17.0 Å². The van der Waals surface area contributed by atoms with Gasteiger partial charge in [-0.15, -0.1) is 22.9 Å². The van der Waals surface area contributed by atoms with E-state index in [0.29, 0.717) is 10.1 Å². The van der Waals surface area contributed by atoms with Gasteiger partial charge in [0.1, 0.15) is 4.21 Å². The first kappa shape index (κ1) is 15.3. The van der Waals surface area contributed by atoms with Gasteiger partial charge < -0.3 is 0 Å². The second kappa shape index (κ2) is 6.57. The standard InChI is InChI=1S/C13H20ClNO2S2/c1-15(11-5-3-2-4-6-11)19(16,17)13-8-7-12(18-13)9-10-14/h7-8,11H,2-6,9-10H2,1H3. The summed E-state index contributed by atoms with van der Waals surface area (Å²) in [6.07, 6.45) is 6.18. The fraction of sp³-hybridized carbons (Fsp3) is 0.692. The molecule has 0 amide bonds. The van der Waals surface area contributed by atoms with E-state index in [2.05, 4.69) is 0 Å². The highest BCUT2D eigenvalue weighted by Crippen LogP contribution is 2.30. The number of aryl methyl sites for hydroxylation is 1. The summed E-state index contributed by atoms with van der Waals surface area (Å²) in [5.41, 5.74) is 0. The Hall–Kier alpha value is -0.100. The molecule has 3 nitrogen and oxygen atoms in total. The van der Waals surface area contributed by atoms with E-state index in [4.69, 9.17) is 11.6 Å². The predicted octanol–water partition coefficient (Wildman–Crippen LogP) is 3.48. The van der Waals surface area contributed by atoms with Gasteiger partial charge in [-0.1, -0.05) is 19.3 Å². The largest absolute Gasteiger partial charge is 0.252 e. The van der Waals surface area contributed by atoms with E-state index in [1.54, 1.807) is 17.4 Å². The summed E-state index contributed by atoms with van der Waals surface area (Å²) in [5, 5.41) is 0. The number of nitrogens with zero attached hydrogens (tertiary/aromatic N) is 1. The molecule has 0 saturated heterocycles. The van der Waals surface area contributed by atoms with Crippen molar-refractivity contribution in [2.75, 3.05) is 12.9 Å². The highest BCUT2D eigenvalue weighted by atomic mass is 35.5. The smallest absolute Gasteiger partial charge is 0.206 e. The summed E-state index contributed by atoms with van der Waals surface area (Å²) < 4.78 is 27.1. The zero-order valence-electron chi connectivity index (χ0n) is 11.1. The van der Waals surface area contributed by atoms with E-state index < -0.39 is 10.0 Å². The lowest BCUT2D eigenvalue weighted by Crippen LogP contribution is -2.37. The number of halogens is 1. The fourth-order valence-corrected chi connectivity index (χ4v) is 5.78. The second-order valence-corrected chi connectivity index (χ2v) is 8.74. The summed E-state index contributed by atoms with van der Waals surface area (Å²) in [4.78, 5) is 1.03. The van der Waals surface area contributed by atoms with Crippen LogP contribution in [0.4, 0.5) is 0 Å². The van der Waals surface area contributed by atoms with Gasteiger partial charge in [0.15, 0.2) is 0 Å². The first-order valence-electron chi connectivity index (χ1n) is 6.68. The van der Waals surface area contributed by atoms with Gasteiger partial charge in [0.25, 0.3) is 10.0 Å². The van der Waals surface area contributed by atoms with E-state index in [1.807, 2.05) is 6.07 Å². The van der Waals surface area contributed by atoms with Crippen LogP contribution in [0.5, 0.6) is 0 Å². The molecule has 1 aromatic rings. The average molecular weight is 322 g/mol. The maximum atomic E-state index is 12.6. The Kier molecular flexibility index (Phi) is 5.29. The van der Waals surface area contributed by atoms with E-state index in [1.165, 1.54) is 17.8 Å². The number of thiophene rings is 1. The molecule has 19 heavy (non-hydrogen) atoms. The van der Waals surface area contributed by atoms with Gasteiger partial charge in [0, 0.05) is 23.8 Å². The first-order valence-corrected chi connectivity index (χ1v) is 9.47. The second-order valence-electron chi connectivity index (χ2n) is 4.97. The Morgan fingerprint density at radius 3 is 2.63 bits per heavy atom. The monoisotopic (exact) mass is 321 g/mol. The van der Waals surface area contributed by atoms with Crippen LogP contribution in [0, 0.1) is 0 Å². The number of rotatable bonds is 5. The minimum Gasteiger partial charge on any atom is -0.206 e. The van der Waals surface area contributed by atoms with Gasteiger partial charge in [0.2, 0.25) is 0 Å². The third-order valence-corrected chi connectivity index (χ3v) is 7.41. The van der Waals surface area contributed by atoms with Gasteiger partial charge in [-0.25, -0.2) is 8.42 Å². The van der Waals surface area contributed by atoms with E-state index in [0.717, 1.165) is 37.0 Å². The lowest BCUT2D eigenvalue weighted by molar-refractivity contribution is 0.286. The van der Waals surface area contributed by atoms with Crippen LogP contribution in [0.3, 0.4) is 0 Å². The molecule has 1 saturated carbocycles.